The van der Waals surface area contributed by atoms with Crippen LogP contribution in [0.1, 0.15) is 30.1 Å². The lowest BCUT2D eigenvalue weighted by atomic mass is 10.1. The zero-order chi connectivity index (χ0) is 11.1. The molecular weight excluding hydrogens is 194 g/mol. The van der Waals surface area contributed by atoms with E-state index in [0.717, 1.165) is 12.8 Å². The van der Waals surface area contributed by atoms with E-state index in [4.69, 9.17) is 5.11 Å². The van der Waals surface area contributed by atoms with E-state index in [2.05, 4.69) is 5.32 Å². The van der Waals surface area contributed by atoms with Crippen molar-refractivity contribution >= 4 is 5.91 Å². The highest BCUT2D eigenvalue weighted by Crippen LogP contribution is 2.34. The summed E-state index contributed by atoms with van der Waals surface area (Å²) < 4.78 is 0. The van der Waals surface area contributed by atoms with Crippen molar-refractivity contribution in [1.82, 2.24) is 5.32 Å². The molecule has 4 heteroatoms. The van der Waals surface area contributed by atoms with Gasteiger partial charge in [0.15, 0.2) is 11.5 Å². The number of nitrogens with one attached hydrogen (secondary N) is 1. The van der Waals surface area contributed by atoms with Gasteiger partial charge in [0, 0.05) is 11.1 Å². The molecule has 3 N–H and O–H groups in total. The van der Waals surface area contributed by atoms with Gasteiger partial charge in [0.25, 0.3) is 5.91 Å². The fourth-order valence-electron chi connectivity index (χ4n) is 1.32. The summed E-state index contributed by atoms with van der Waals surface area (Å²) in [6, 6.07) is 4.05. The molecule has 0 radical (unpaired) electrons. The highest BCUT2D eigenvalue weighted by Gasteiger charge is 2.38. The maximum Gasteiger partial charge on any atom is 0.251 e. The van der Waals surface area contributed by atoms with Crippen molar-refractivity contribution in [3.63, 3.8) is 0 Å². The van der Waals surface area contributed by atoms with Crippen LogP contribution in [0.3, 0.4) is 0 Å². The zero-order valence-corrected chi connectivity index (χ0v) is 8.45. The van der Waals surface area contributed by atoms with Crippen LogP contribution in [0, 0.1) is 0 Å². The predicted molar refractivity (Wildman–Crippen MR) is 54.9 cm³/mol. The number of phenols is 2. The van der Waals surface area contributed by atoms with Gasteiger partial charge in [0.1, 0.15) is 0 Å². The van der Waals surface area contributed by atoms with Crippen molar-refractivity contribution in [2.75, 3.05) is 0 Å². The summed E-state index contributed by atoms with van der Waals surface area (Å²) in [6.07, 6.45) is 1.98. The Morgan fingerprint density at radius 3 is 2.53 bits per heavy atom. The molecule has 15 heavy (non-hydrogen) atoms. The first-order valence-electron chi connectivity index (χ1n) is 4.85. The molecule has 2 rings (SSSR count). The second-order valence-corrected chi connectivity index (χ2v) is 4.22. The third-order valence-electron chi connectivity index (χ3n) is 2.65. The van der Waals surface area contributed by atoms with Crippen LogP contribution in [0.25, 0.3) is 0 Å². The van der Waals surface area contributed by atoms with E-state index in [-0.39, 0.29) is 22.9 Å². The first kappa shape index (κ1) is 9.83. The number of hydrogen-bond acceptors (Lipinski definition) is 3. The van der Waals surface area contributed by atoms with E-state index in [1.807, 2.05) is 6.92 Å². The maximum atomic E-state index is 11.7. The van der Waals surface area contributed by atoms with E-state index in [9.17, 15) is 9.90 Å². The summed E-state index contributed by atoms with van der Waals surface area (Å²) in [5, 5.41) is 21.2. The second kappa shape index (κ2) is 3.15. The van der Waals surface area contributed by atoms with Crippen LogP contribution in [0.15, 0.2) is 18.2 Å². The summed E-state index contributed by atoms with van der Waals surface area (Å²) >= 11 is 0. The largest absolute Gasteiger partial charge is 0.504 e. The van der Waals surface area contributed by atoms with Gasteiger partial charge in [-0.05, 0) is 38.0 Å². The monoisotopic (exact) mass is 207 g/mol. The summed E-state index contributed by atoms with van der Waals surface area (Å²) in [4.78, 5) is 11.7. The number of amides is 1. The van der Waals surface area contributed by atoms with Gasteiger partial charge in [-0.15, -0.1) is 0 Å². The molecule has 0 saturated heterocycles. The minimum Gasteiger partial charge on any atom is -0.504 e. The minimum atomic E-state index is -0.274. The van der Waals surface area contributed by atoms with Gasteiger partial charge in [0.05, 0.1) is 0 Å². The lowest BCUT2D eigenvalue weighted by Gasteiger charge is -2.11. The van der Waals surface area contributed by atoms with E-state index in [0.29, 0.717) is 5.56 Å². The first-order chi connectivity index (χ1) is 7.00. The Hall–Kier alpha value is -1.71. The topological polar surface area (TPSA) is 69.6 Å². The maximum absolute atomic E-state index is 11.7. The Balaban J connectivity index is 2.15. The standard InChI is InChI=1S/C11H13NO3/c1-11(4-5-11)12-10(15)7-2-3-8(13)9(14)6-7/h2-3,6,13-14H,4-5H2,1H3,(H,12,15). The lowest BCUT2D eigenvalue weighted by molar-refractivity contribution is 0.0935. The summed E-state index contributed by atoms with van der Waals surface area (Å²) in [7, 11) is 0. The Labute approximate surface area is 87.6 Å². The van der Waals surface area contributed by atoms with Crippen molar-refractivity contribution < 1.29 is 15.0 Å². The first-order valence-corrected chi connectivity index (χ1v) is 4.85. The van der Waals surface area contributed by atoms with Crippen LogP contribution in [0.5, 0.6) is 11.5 Å². The number of hydrogen-bond donors (Lipinski definition) is 3. The molecule has 1 aliphatic rings. The Kier molecular flexibility index (Phi) is 2.07. The lowest BCUT2D eigenvalue weighted by Crippen LogP contribution is -2.34. The number of carbonyl (C=O) groups excluding carboxylic acids is 1. The van der Waals surface area contributed by atoms with E-state index < -0.39 is 0 Å². The molecule has 1 fully saturated rings. The van der Waals surface area contributed by atoms with Gasteiger partial charge >= 0.3 is 0 Å². The molecule has 1 aromatic carbocycles. The molecule has 0 atom stereocenters. The third kappa shape index (κ3) is 2.03. The van der Waals surface area contributed by atoms with Gasteiger partial charge < -0.3 is 15.5 Å². The number of rotatable bonds is 2. The normalized spacial score (nSPS) is 17.1. The third-order valence-corrected chi connectivity index (χ3v) is 2.65. The Morgan fingerprint density at radius 1 is 1.33 bits per heavy atom. The molecule has 4 nitrogen and oxygen atoms in total. The summed E-state index contributed by atoms with van der Waals surface area (Å²) in [6.45, 7) is 1.98. The highest BCUT2D eigenvalue weighted by molar-refractivity contribution is 5.95. The van der Waals surface area contributed by atoms with E-state index >= 15 is 0 Å². The SMILES string of the molecule is CC1(NC(=O)c2ccc(O)c(O)c2)CC1. The average Bonchev–Trinajstić information content (AvgIpc) is 2.88. The average molecular weight is 207 g/mol. The molecule has 0 aliphatic heterocycles. The van der Waals surface area contributed by atoms with Crippen LogP contribution in [0.4, 0.5) is 0 Å². The molecule has 1 aromatic rings. The van der Waals surface area contributed by atoms with Crippen LogP contribution >= 0.6 is 0 Å². The highest BCUT2D eigenvalue weighted by atomic mass is 16.3. The number of phenolic OH excluding ortho intramolecular Hbond substituents is 2. The zero-order valence-electron chi connectivity index (χ0n) is 8.45. The van der Waals surface area contributed by atoms with E-state index in [1.165, 1.54) is 18.2 Å². The molecule has 0 spiro atoms. The molecule has 0 heterocycles. The van der Waals surface area contributed by atoms with Gasteiger partial charge in [-0.3, -0.25) is 4.79 Å². The molecular formula is C11H13NO3. The summed E-state index contributed by atoms with van der Waals surface area (Å²) in [5.41, 5.74) is 0.281. The molecule has 0 bridgehead atoms. The van der Waals surface area contributed by atoms with Crippen LogP contribution in [-0.2, 0) is 0 Å². The van der Waals surface area contributed by atoms with Crippen LogP contribution in [0.2, 0.25) is 0 Å². The quantitative estimate of drug-likeness (QED) is 0.642. The van der Waals surface area contributed by atoms with Crippen LogP contribution in [-0.4, -0.2) is 21.7 Å². The Bertz CT molecular complexity index is 410. The molecule has 80 valence electrons. The molecule has 1 saturated carbocycles. The minimum absolute atomic E-state index is 0.0788. The second-order valence-electron chi connectivity index (χ2n) is 4.22. The number of benzene rings is 1. The summed E-state index contributed by atoms with van der Waals surface area (Å²) in [5.74, 6) is -0.710. The molecule has 0 unspecified atom stereocenters. The molecule has 0 aromatic heterocycles. The van der Waals surface area contributed by atoms with Crippen molar-refractivity contribution in [2.24, 2.45) is 0 Å². The van der Waals surface area contributed by atoms with Gasteiger partial charge in [0.2, 0.25) is 0 Å². The fraction of sp³-hybridized carbons (Fsp3) is 0.364. The van der Waals surface area contributed by atoms with Gasteiger partial charge in [-0.2, -0.15) is 0 Å². The van der Waals surface area contributed by atoms with Crippen molar-refractivity contribution in [1.29, 1.82) is 0 Å². The number of carbonyl (C=O) groups is 1. The number of aromatic hydroxyl groups is 2. The van der Waals surface area contributed by atoms with Crippen molar-refractivity contribution in [3.05, 3.63) is 23.8 Å². The van der Waals surface area contributed by atoms with Crippen LogP contribution < -0.4 is 5.32 Å². The van der Waals surface area contributed by atoms with E-state index in [1.54, 1.807) is 0 Å². The van der Waals surface area contributed by atoms with Gasteiger partial charge in [-0.25, -0.2) is 0 Å². The molecule has 1 aliphatic carbocycles. The smallest absolute Gasteiger partial charge is 0.251 e. The van der Waals surface area contributed by atoms with Gasteiger partial charge in [-0.1, -0.05) is 0 Å². The fourth-order valence-corrected chi connectivity index (χ4v) is 1.32. The molecule has 1 amide bonds. The van der Waals surface area contributed by atoms with Crippen molar-refractivity contribution in [2.45, 2.75) is 25.3 Å². The van der Waals surface area contributed by atoms with Crippen molar-refractivity contribution in [3.8, 4) is 11.5 Å². The predicted octanol–water partition coefficient (Wildman–Crippen LogP) is 1.38. The Morgan fingerprint density at radius 2 is 2.00 bits per heavy atom.